The van der Waals surface area contributed by atoms with Gasteiger partial charge in [-0.3, -0.25) is 0 Å². The molecule has 4 nitrogen and oxygen atoms in total. The summed E-state index contributed by atoms with van der Waals surface area (Å²) in [6.45, 7) is 17.1. The second-order valence-electron chi connectivity index (χ2n) is 12.5. The van der Waals surface area contributed by atoms with Crippen LogP contribution in [0.25, 0.3) is 0 Å². The average molecular weight is 453 g/mol. The smallest absolute Gasteiger partial charge is 0.168 e. The number of nitrogens with one attached hydrogen (secondary N) is 2. The highest BCUT2D eigenvalue weighted by atomic mass is 19.1. The minimum Gasteiger partial charge on any atom is -0.487 e. The van der Waals surface area contributed by atoms with Gasteiger partial charge >= 0.3 is 0 Å². The first-order chi connectivity index (χ1) is 14.5. The SMILES string of the molecule is CC1(C)CCC(Oc2cc(F)c(OC3CCC(C)(C)NC(C)(C)C3)cc2F)CC(C)(C)N1. The molecule has 2 atom stereocenters. The van der Waals surface area contributed by atoms with Crippen LogP contribution in [0.3, 0.4) is 0 Å². The monoisotopic (exact) mass is 452 g/mol. The Balaban J connectivity index is 1.73. The Morgan fingerprint density at radius 2 is 1.00 bits per heavy atom. The van der Waals surface area contributed by atoms with Gasteiger partial charge in [0.15, 0.2) is 23.1 Å². The summed E-state index contributed by atoms with van der Waals surface area (Å²) in [6.07, 6.45) is 4.42. The summed E-state index contributed by atoms with van der Waals surface area (Å²) in [5.41, 5.74) is -0.369. The van der Waals surface area contributed by atoms with Crippen molar-refractivity contribution in [2.24, 2.45) is 0 Å². The van der Waals surface area contributed by atoms with Crippen molar-refractivity contribution in [3.8, 4) is 11.5 Å². The third-order valence-corrected chi connectivity index (χ3v) is 6.59. The molecule has 1 aromatic carbocycles. The van der Waals surface area contributed by atoms with E-state index in [4.69, 9.17) is 9.47 Å². The Morgan fingerprint density at radius 3 is 1.34 bits per heavy atom. The van der Waals surface area contributed by atoms with E-state index in [1.165, 1.54) is 0 Å². The molecule has 2 unspecified atom stereocenters. The van der Waals surface area contributed by atoms with Gasteiger partial charge in [-0.1, -0.05) is 0 Å². The molecule has 2 aliphatic heterocycles. The van der Waals surface area contributed by atoms with Gasteiger partial charge in [-0.25, -0.2) is 8.78 Å². The van der Waals surface area contributed by atoms with Gasteiger partial charge in [-0.15, -0.1) is 0 Å². The van der Waals surface area contributed by atoms with E-state index < -0.39 is 11.6 Å². The first-order valence-corrected chi connectivity index (χ1v) is 12.0. The number of halogens is 2. The van der Waals surface area contributed by atoms with Gasteiger partial charge < -0.3 is 20.1 Å². The zero-order chi connectivity index (χ0) is 23.9. The molecule has 0 aromatic heterocycles. The Kier molecular flexibility index (Phi) is 6.90. The number of rotatable bonds is 4. The van der Waals surface area contributed by atoms with Crippen molar-refractivity contribution < 1.29 is 18.3 Å². The molecule has 3 rings (SSSR count). The zero-order valence-electron chi connectivity index (χ0n) is 21.1. The fraction of sp³-hybridized carbons (Fsp3) is 0.769. The van der Waals surface area contributed by atoms with E-state index in [2.05, 4.69) is 66.0 Å². The molecule has 0 amide bonds. The summed E-state index contributed by atoms with van der Waals surface area (Å²) < 4.78 is 41.8. The van der Waals surface area contributed by atoms with Crippen LogP contribution in [-0.2, 0) is 0 Å². The van der Waals surface area contributed by atoms with Gasteiger partial charge in [-0.2, -0.15) is 0 Å². The molecular formula is C26H42F2N2O2. The maximum atomic E-state index is 14.9. The first kappa shape index (κ1) is 25.2. The highest BCUT2D eigenvalue weighted by Gasteiger charge is 2.37. The van der Waals surface area contributed by atoms with Crippen LogP contribution < -0.4 is 20.1 Å². The fourth-order valence-corrected chi connectivity index (χ4v) is 5.70. The zero-order valence-corrected chi connectivity index (χ0v) is 21.1. The van der Waals surface area contributed by atoms with Crippen LogP contribution in [0.2, 0.25) is 0 Å². The second-order valence-corrected chi connectivity index (χ2v) is 12.5. The lowest BCUT2D eigenvalue weighted by Crippen LogP contribution is -2.51. The van der Waals surface area contributed by atoms with Gasteiger partial charge in [0.1, 0.15) is 12.2 Å². The van der Waals surface area contributed by atoms with E-state index in [0.717, 1.165) is 50.7 Å². The number of hydrogen-bond acceptors (Lipinski definition) is 4. The van der Waals surface area contributed by atoms with Crippen molar-refractivity contribution in [3.63, 3.8) is 0 Å². The molecular weight excluding hydrogens is 410 g/mol. The molecule has 0 radical (unpaired) electrons. The summed E-state index contributed by atoms with van der Waals surface area (Å²) in [6, 6.07) is 2.29. The largest absolute Gasteiger partial charge is 0.487 e. The Bertz CT molecular complexity index is 753. The van der Waals surface area contributed by atoms with Crippen LogP contribution >= 0.6 is 0 Å². The summed E-state index contributed by atoms with van der Waals surface area (Å²) in [7, 11) is 0. The fourth-order valence-electron chi connectivity index (χ4n) is 5.70. The lowest BCUT2D eigenvalue weighted by atomic mass is 9.96. The predicted molar refractivity (Wildman–Crippen MR) is 125 cm³/mol. The van der Waals surface area contributed by atoms with E-state index in [9.17, 15) is 8.78 Å². The summed E-state index contributed by atoms with van der Waals surface area (Å²) in [5, 5.41) is 7.27. The van der Waals surface area contributed by atoms with Crippen LogP contribution in [-0.4, -0.2) is 34.4 Å². The highest BCUT2D eigenvalue weighted by molar-refractivity contribution is 5.35. The molecule has 2 N–H and O–H groups in total. The molecule has 0 saturated carbocycles. The topological polar surface area (TPSA) is 42.5 Å². The van der Waals surface area contributed by atoms with Crippen molar-refractivity contribution in [2.75, 3.05) is 0 Å². The average Bonchev–Trinajstić information content (AvgIpc) is 2.76. The Hall–Kier alpha value is -1.40. The van der Waals surface area contributed by atoms with Crippen molar-refractivity contribution in [2.45, 2.75) is 128 Å². The standard InChI is InChI=1S/C26H42F2N2O2/c1-23(2)11-9-17(15-25(5,6)29-23)31-21-13-20(28)22(14-19(21)27)32-18-10-12-24(3,4)30-26(7,8)16-18/h13-14,17-18,29-30H,9-12,15-16H2,1-8H3. The van der Waals surface area contributed by atoms with Gasteiger partial charge in [0, 0.05) is 47.1 Å². The second kappa shape index (κ2) is 8.75. The Labute approximate surface area is 192 Å². The molecule has 0 aliphatic carbocycles. The molecule has 0 spiro atoms. The quantitative estimate of drug-likeness (QED) is 0.577. The van der Waals surface area contributed by atoms with Crippen molar-refractivity contribution in [1.29, 1.82) is 0 Å². The van der Waals surface area contributed by atoms with Crippen LogP contribution in [0, 0.1) is 11.6 Å². The first-order valence-electron chi connectivity index (χ1n) is 12.0. The molecule has 6 heteroatoms. The normalized spacial score (nSPS) is 28.9. The molecule has 182 valence electrons. The van der Waals surface area contributed by atoms with Gasteiger partial charge in [-0.05, 0) is 81.1 Å². The van der Waals surface area contributed by atoms with Crippen LogP contribution in [0.4, 0.5) is 8.78 Å². The van der Waals surface area contributed by atoms with E-state index in [1.54, 1.807) is 0 Å². The predicted octanol–water partition coefficient (Wildman–Crippen LogP) is 6.12. The van der Waals surface area contributed by atoms with E-state index in [-0.39, 0.29) is 45.9 Å². The number of ether oxygens (including phenoxy) is 2. The lowest BCUT2D eigenvalue weighted by molar-refractivity contribution is 0.143. The van der Waals surface area contributed by atoms with Crippen LogP contribution in [0.5, 0.6) is 11.5 Å². The molecule has 2 heterocycles. The van der Waals surface area contributed by atoms with Gasteiger partial charge in [0.05, 0.1) is 0 Å². The van der Waals surface area contributed by atoms with Gasteiger partial charge in [0.25, 0.3) is 0 Å². The van der Waals surface area contributed by atoms with Crippen LogP contribution in [0.1, 0.15) is 93.9 Å². The molecule has 2 fully saturated rings. The lowest BCUT2D eigenvalue weighted by Gasteiger charge is -2.34. The van der Waals surface area contributed by atoms with E-state index in [0.29, 0.717) is 0 Å². The van der Waals surface area contributed by atoms with Crippen molar-refractivity contribution in [3.05, 3.63) is 23.8 Å². The molecule has 0 bridgehead atoms. The minimum atomic E-state index is -0.581. The highest BCUT2D eigenvalue weighted by Crippen LogP contribution is 2.35. The summed E-state index contributed by atoms with van der Waals surface area (Å²) in [5.74, 6) is -1.25. The molecule has 2 aliphatic rings. The van der Waals surface area contributed by atoms with Crippen molar-refractivity contribution >= 4 is 0 Å². The van der Waals surface area contributed by atoms with E-state index in [1.807, 2.05) is 0 Å². The number of benzene rings is 1. The third-order valence-electron chi connectivity index (χ3n) is 6.59. The van der Waals surface area contributed by atoms with Crippen molar-refractivity contribution in [1.82, 2.24) is 10.6 Å². The molecule has 1 aromatic rings. The van der Waals surface area contributed by atoms with Crippen LogP contribution in [0.15, 0.2) is 12.1 Å². The minimum absolute atomic E-state index is 0.0288. The molecule has 2 saturated heterocycles. The molecule has 32 heavy (non-hydrogen) atoms. The Morgan fingerprint density at radius 1 is 0.656 bits per heavy atom. The number of hydrogen-bond donors (Lipinski definition) is 2. The summed E-state index contributed by atoms with van der Waals surface area (Å²) >= 11 is 0. The third kappa shape index (κ3) is 6.80. The van der Waals surface area contributed by atoms with Gasteiger partial charge in [0.2, 0.25) is 0 Å². The summed E-state index contributed by atoms with van der Waals surface area (Å²) in [4.78, 5) is 0. The maximum absolute atomic E-state index is 14.9. The maximum Gasteiger partial charge on any atom is 0.168 e. The van der Waals surface area contributed by atoms with E-state index >= 15 is 0 Å².